The van der Waals surface area contributed by atoms with E-state index in [9.17, 15) is 9.59 Å². The third-order valence-electron chi connectivity index (χ3n) is 3.20. The van der Waals surface area contributed by atoms with Gasteiger partial charge in [-0.1, -0.05) is 49.5 Å². The van der Waals surface area contributed by atoms with Gasteiger partial charge >= 0.3 is 5.97 Å². The molecule has 4 nitrogen and oxygen atoms in total. The van der Waals surface area contributed by atoms with E-state index in [0.717, 1.165) is 28.7 Å². The third kappa shape index (κ3) is 5.18. The number of ether oxygens (including phenoxy) is 1. The first-order valence-corrected chi connectivity index (χ1v) is 8.80. The smallest absolute Gasteiger partial charge is 0.305 e. The maximum Gasteiger partial charge on any atom is 0.305 e. The van der Waals surface area contributed by atoms with E-state index in [4.69, 9.17) is 17.0 Å². The normalized spacial score (nSPS) is 16.2. The molecule has 1 heterocycles. The van der Waals surface area contributed by atoms with Crippen LogP contribution in [0.1, 0.15) is 31.7 Å². The molecule has 0 radical (unpaired) electrons. The summed E-state index contributed by atoms with van der Waals surface area (Å²) in [5.74, 6) is -0.225. The lowest BCUT2D eigenvalue weighted by atomic mass is 10.2. The summed E-state index contributed by atoms with van der Waals surface area (Å²) in [6.45, 7) is 2.84. The van der Waals surface area contributed by atoms with Gasteiger partial charge in [0.1, 0.15) is 4.99 Å². The van der Waals surface area contributed by atoms with Crippen molar-refractivity contribution in [2.45, 2.75) is 26.2 Å². The second kappa shape index (κ2) is 8.84. The highest BCUT2D eigenvalue weighted by molar-refractivity contribution is 8.19. The zero-order chi connectivity index (χ0) is 16.7. The standard InChI is InChI=1S/C17H19NO3S2/c1-2-11-21-15(19)9-6-10-18-16(22)14(23-17(18)20)12-13-7-4-3-5-8-13/h3-5,7-8,12H,2,6,9-11H2,1H3/b14-12+. The molecule has 0 N–H and O–H groups in total. The van der Waals surface area contributed by atoms with Crippen LogP contribution in [-0.4, -0.2) is 34.2 Å². The molecular formula is C17H19NO3S2. The Hall–Kier alpha value is -1.66. The summed E-state index contributed by atoms with van der Waals surface area (Å²) in [5.41, 5.74) is 1.01. The second-order valence-electron chi connectivity index (χ2n) is 5.07. The van der Waals surface area contributed by atoms with Crippen molar-refractivity contribution in [2.75, 3.05) is 13.2 Å². The molecule has 122 valence electrons. The van der Waals surface area contributed by atoms with E-state index >= 15 is 0 Å². The summed E-state index contributed by atoms with van der Waals surface area (Å²) in [5, 5.41) is -0.0842. The Morgan fingerprint density at radius 3 is 2.78 bits per heavy atom. The maximum absolute atomic E-state index is 12.1. The molecule has 0 aliphatic carbocycles. The first-order chi connectivity index (χ1) is 11.1. The predicted molar refractivity (Wildman–Crippen MR) is 97.2 cm³/mol. The molecule has 2 rings (SSSR count). The first kappa shape index (κ1) is 17.7. The fraction of sp³-hybridized carbons (Fsp3) is 0.353. The lowest BCUT2D eigenvalue weighted by Crippen LogP contribution is -2.28. The van der Waals surface area contributed by atoms with Crippen molar-refractivity contribution in [2.24, 2.45) is 0 Å². The van der Waals surface area contributed by atoms with Crippen molar-refractivity contribution in [1.82, 2.24) is 4.90 Å². The molecule has 23 heavy (non-hydrogen) atoms. The molecule has 1 fully saturated rings. The number of hydrogen-bond donors (Lipinski definition) is 0. The largest absolute Gasteiger partial charge is 0.466 e. The van der Waals surface area contributed by atoms with Gasteiger partial charge in [-0.3, -0.25) is 14.5 Å². The van der Waals surface area contributed by atoms with Gasteiger partial charge in [0.15, 0.2) is 0 Å². The summed E-state index contributed by atoms with van der Waals surface area (Å²) in [4.78, 5) is 26.4. The highest BCUT2D eigenvalue weighted by Crippen LogP contribution is 2.33. The summed E-state index contributed by atoms with van der Waals surface area (Å²) in [6, 6.07) is 9.75. The van der Waals surface area contributed by atoms with Gasteiger partial charge in [0.2, 0.25) is 0 Å². The number of nitrogens with zero attached hydrogens (tertiary/aromatic N) is 1. The van der Waals surface area contributed by atoms with Crippen LogP contribution in [0.3, 0.4) is 0 Å². The molecule has 1 aliphatic heterocycles. The van der Waals surface area contributed by atoms with Crippen molar-refractivity contribution >= 4 is 46.3 Å². The minimum absolute atomic E-state index is 0.0842. The van der Waals surface area contributed by atoms with Crippen molar-refractivity contribution in [3.05, 3.63) is 40.8 Å². The van der Waals surface area contributed by atoms with Crippen LogP contribution in [0.5, 0.6) is 0 Å². The van der Waals surface area contributed by atoms with E-state index < -0.39 is 0 Å². The van der Waals surface area contributed by atoms with Gasteiger partial charge in [-0.15, -0.1) is 0 Å². The molecule has 0 spiro atoms. The first-order valence-electron chi connectivity index (χ1n) is 7.58. The molecule has 6 heteroatoms. The Balaban J connectivity index is 1.89. The number of thioether (sulfide) groups is 1. The van der Waals surface area contributed by atoms with Gasteiger partial charge in [-0.2, -0.15) is 0 Å². The molecule has 1 aromatic carbocycles. The number of thiocarbonyl (C=S) groups is 1. The highest BCUT2D eigenvalue weighted by Gasteiger charge is 2.31. The van der Waals surface area contributed by atoms with Gasteiger partial charge in [0.05, 0.1) is 11.5 Å². The number of amides is 1. The van der Waals surface area contributed by atoms with Gasteiger partial charge in [-0.25, -0.2) is 0 Å². The zero-order valence-electron chi connectivity index (χ0n) is 13.0. The van der Waals surface area contributed by atoms with E-state index in [0.29, 0.717) is 31.0 Å². The van der Waals surface area contributed by atoms with E-state index in [1.807, 2.05) is 43.3 Å². The number of esters is 1. The second-order valence-corrected chi connectivity index (χ2v) is 6.45. The summed E-state index contributed by atoms with van der Waals surface area (Å²) < 4.78 is 5.02. The van der Waals surface area contributed by atoms with Crippen LogP contribution in [0.15, 0.2) is 35.2 Å². The number of benzene rings is 1. The van der Waals surface area contributed by atoms with Crippen molar-refractivity contribution < 1.29 is 14.3 Å². The van der Waals surface area contributed by atoms with Gasteiger partial charge in [0.25, 0.3) is 5.24 Å². The Morgan fingerprint density at radius 1 is 1.35 bits per heavy atom. The lowest BCUT2D eigenvalue weighted by molar-refractivity contribution is -0.143. The molecule has 1 saturated heterocycles. The van der Waals surface area contributed by atoms with E-state index in [1.165, 1.54) is 0 Å². The number of hydrogen-bond acceptors (Lipinski definition) is 5. The molecule has 0 aromatic heterocycles. The number of carbonyl (C=O) groups excluding carboxylic acids is 2. The average Bonchev–Trinajstić information content (AvgIpc) is 2.81. The fourth-order valence-electron chi connectivity index (χ4n) is 2.06. The van der Waals surface area contributed by atoms with E-state index in [2.05, 4.69) is 0 Å². The fourth-order valence-corrected chi connectivity index (χ4v) is 3.35. The van der Waals surface area contributed by atoms with Crippen molar-refractivity contribution in [3.63, 3.8) is 0 Å². The van der Waals surface area contributed by atoms with Gasteiger partial charge in [-0.05, 0) is 36.2 Å². The third-order valence-corrected chi connectivity index (χ3v) is 4.70. The molecule has 0 bridgehead atoms. The molecule has 0 saturated carbocycles. The number of rotatable bonds is 7. The van der Waals surface area contributed by atoms with E-state index in [1.54, 1.807) is 4.90 Å². The van der Waals surface area contributed by atoms with E-state index in [-0.39, 0.29) is 11.2 Å². The van der Waals surface area contributed by atoms with Gasteiger partial charge < -0.3 is 4.74 Å². The van der Waals surface area contributed by atoms with Crippen molar-refractivity contribution in [1.29, 1.82) is 0 Å². The van der Waals surface area contributed by atoms with Crippen LogP contribution < -0.4 is 0 Å². The summed E-state index contributed by atoms with van der Waals surface area (Å²) in [7, 11) is 0. The minimum atomic E-state index is -0.225. The maximum atomic E-state index is 12.1. The highest BCUT2D eigenvalue weighted by atomic mass is 32.2. The monoisotopic (exact) mass is 349 g/mol. The quantitative estimate of drug-likeness (QED) is 0.418. The topological polar surface area (TPSA) is 46.6 Å². The van der Waals surface area contributed by atoms with Crippen LogP contribution in [0.2, 0.25) is 0 Å². The minimum Gasteiger partial charge on any atom is -0.466 e. The summed E-state index contributed by atoms with van der Waals surface area (Å²) in [6.07, 6.45) is 3.58. The van der Waals surface area contributed by atoms with Crippen LogP contribution in [0, 0.1) is 0 Å². The SMILES string of the molecule is CCCOC(=O)CCCN1C(=O)S/C(=C/c2ccccc2)C1=S. The van der Waals surface area contributed by atoms with Crippen molar-refractivity contribution in [3.8, 4) is 0 Å². The zero-order valence-corrected chi connectivity index (χ0v) is 14.6. The Labute approximate surface area is 145 Å². The van der Waals surface area contributed by atoms with Gasteiger partial charge in [0, 0.05) is 13.0 Å². The molecule has 0 atom stereocenters. The number of carbonyl (C=O) groups is 2. The van der Waals surface area contributed by atoms with Crippen LogP contribution in [0.4, 0.5) is 4.79 Å². The molecule has 1 aromatic rings. The Kier molecular flexibility index (Phi) is 6.80. The average molecular weight is 349 g/mol. The molecular weight excluding hydrogens is 330 g/mol. The van der Waals surface area contributed by atoms with Crippen LogP contribution >= 0.6 is 24.0 Å². The predicted octanol–water partition coefficient (Wildman–Crippen LogP) is 4.26. The molecule has 1 aliphatic rings. The molecule has 1 amide bonds. The summed E-state index contributed by atoms with van der Waals surface area (Å²) >= 11 is 6.53. The lowest BCUT2D eigenvalue weighted by Gasteiger charge is -2.14. The molecule has 0 unspecified atom stereocenters. The van der Waals surface area contributed by atoms with Crippen LogP contribution in [-0.2, 0) is 9.53 Å². The Morgan fingerprint density at radius 2 is 2.09 bits per heavy atom. The van der Waals surface area contributed by atoms with Crippen LogP contribution in [0.25, 0.3) is 6.08 Å². The Bertz CT molecular complexity index is 614.